The molecule has 0 spiro atoms. The van der Waals surface area contributed by atoms with Crippen LogP contribution in [0.5, 0.6) is 0 Å². The van der Waals surface area contributed by atoms with Crippen LogP contribution in [0.25, 0.3) is 10.2 Å². The summed E-state index contributed by atoms with van der Waals surface area (Å²) in [5.74, 6) is -0.108. The molecule has 126 valence electrons. The number of aromatic nitrogens is 1. The van der Waals surface area contributed by atoms with E-state index in [4.69, 9.17) is 0 Å². The second-order valence-electron chi connectivity index (χ2n) is 6.14. The quantitative estimate of drug-likeness (QED) is 0.776. The second kappa shape index (κ2) is 6.29. The molecular formula is C19H17N3O2S. The molecule has 5 nitrogen and oxygen atoms in total. The Labute approximate surface area is 149 Å². The van der Waals surface area contributed by atoms with E-state index < -0.39 is 0 Å². The maximum Gasteiger partial charge on any atom is 0.257 e. The Hall–Kier alpha value is -2.73. The summed E-state index contributed by atoms with van der Waals surface area (Å²) in [7, 11) is 0. The third-order valence-electron chi connectivity index (χ3n) is 4.26. The first-order chi connectivity index (χ1) is 12.1. The van der Waals surface area contributed by atoms with Crippen LogP contribution in [0, 0.1) is 6.92 Å². The highest BCUT2D eigenvalue weighted by molar-refractivity contribution is 7.22. The molecule has 2 aromatic carbocycles. The standard InChI is InChI=1S/C19H17N3O2S/c1-12-7-8-15-16(10-12)25-19(20-15)21-18(24)13-4-2-5-14(11-13)22-9-3-6-17(22)23/h2,4-5,7-8,10-11H,3,6,9H2,1H3,(H,20,21,24). The summed E-state index contributed by atoms with van der Waals surface area (Å²) >= 11 is 1.46. The molecule has 0 radical (unpaired) electrons. The molecule has 25 heavy (non-hydrogen) atoms. The lowest BCUT2D eigenvalue weighted by Crippen LogP contribution is -2.24. The monoisotopic (exact) mass is 351 g/mol. The molecule has 1 aliphatic rings. The van der Waals surface area contributed by atoms with Crippen LogP contribution in [-0.2, 0) is 4.79 Å². The Morgan fingerprint density at radius 2 is 2.12 bits per heavy atom. The largest absolute Gasteiger partial charge is 0.312 e. The van der Waals surface area contributed by atoms with E-state index in [9.17, 15) is 9.59 Å². The van der Waals surface area contributed by atoms with Crippen LogP contribution in [0.3, 0.4) is 0 Å². The van der Waals surface area contributed by atoms with Crippen LogP contribution in [-0.4, -0.2) is 23.3 Å². The van der Waals surface area contributed by atoms with E-state index in [2.05, 4.69) is 16.4 Å². The molecule has 0 bridgehead atoms. The summed E-state index contributed by atoms with van der Waals surface area (Å²) in [5, 5.41) is 3.44. The number of hydrogen-bond donors (Lipinski definition) is 1. The predicted octanol–water partition coefficient (Wildman–Crippen LogP) is 3.98. The molecule has 0 saturated carbocycles. The lowest BCUT2D eigenvalue weighted by atomic mass is 10.2. The normalized spacial score (nSPS) is 14.3. The predicted molar refractivity (Wildman–Crippen MR) is 100 cm³/mol. The minimum absolute atomic E-state index is 0.110. The molecule has 2 heterocycles. The van der Waals surface area contributed by atoms with Gasteiger partial charge in [-0.05, 0) is 49.2 Å². The smallest absolute Gasteiger partial charge is 0.257 e. The van der Waals surface area contributed by atoms with Crippen molar-refractivity contribution in [3.05, 3.63) is 53.6 Å². The third kappa shape index (κ3) is 3.13. The van der Waals surface area contributed by atoms with E-state index in [1.54, 1.807) is 23.1 Å². The zero-order chi connectivity index (χ0) is 17.4. The number of carbonyl (C=O) groups is 2. The maximum absolute atomic E-state index is 12.6. The number of amides is 2. The molecule has 1 fully saturated rings. The van der Waals surface area contributed by atoms with Gasteiger partial charge in [0.1, 0.15) is 0 Å². The SMILES string of the molecule is Cc1ccc2nc(NC(=O)c3cccc(N4CCCC4=O)c3)sc2c1. The fraction of sp³-hybridized carbons (Fsp3) is 0.211. The molecule has 2 amide bonds. The Balaban J connectivity index is 1.56. The van der Waals surface area contributed by atoms with Crippen LogP contribution in [0.4, 0.5) is 10.8 Å². The summed E-state index contributed by atoms with van der Waals surface area (Å²) in [5.41, 5.74) is 3.34. The van der Waals surface area contributed by atoms with Crippen LogP contribution in [0.2, 0.25) is 0 Å². The van der Waals surface area contributed by atoms with E-state index >= 15 is 0 Å². The third-order valence-corrected chi connectivity index (χ3v) is 5.19. The van der Waals surface area contributed by atoms with E-state index in [1.807, 2.05) is 25.1 Å². The van der Waals surface area contributed by atoms with Gasteiger partial charge in [-0.3, -0.25) is 14.9 Å². The molecule has 1 aromatic heterocycles. The highest BCUT2D eigenvalue weighted by atomic mass is 32.1. The number of fused-ring (bicyclic) bond motifs is 1. The van der Waals surface area contributed by atoms with E-state index in [1.165, 1.54) is 11.3 Å². The number of anilines is 2. The first-order valence-corrected chi connectivity index (χ1v) is 9.01. The molecule has 1 N–H and O–H groups in total. The maximum atomic E-state index is 12.6. The molecule has 0 unspecified atom stereocenters. The van der Waals surface area contributed by atoms with Gasteiger partial charge >= 0.3 is 0 Å². The van der Waals surface area contributed by atoms with Crippen LogP contribution < -0.4 is 10.2 Å². The van der Waals surface area contributed by atoms with E-state index in [-0.39, 0.29) is 11.8 Å². The number of thiazole rings is 1. The van der Waals surface area contributed by atoms with Gasteiger partial charge in [-0.25, -0.2) is 4.98 Å². The summed E-state index contributed by atoms with van der Waals surface area (Å²) in [6.07, 6.45) is 1.43. The summed E-state index contributed by atoms with van der Waals surface area (Å²) in [6.45, 7) is 2.74. The number of benzene rings is 2. The van der Waals surface area contributed by atoms with Gasteiger partial charge in [0.25, 0.3) is 5.91 Å². The van der Waals surface area contributed by atoms with Gasteiger partial charge in [-0.2, -0.15) is 0 Å². The minimum Gasteiger partial charge on any atom is -0.312 e. The molecule has 3 aromatic rings. The molecule has 6 heteroatoms. The number of rotatable bonds is 3. The number of aryl methyl sites for hydroxylation is 1. The van der Waals surface area contributed by atoms with Gasteiger partial charge in [0, 0.05) is 24.2 Å². The number of nitrogens with one attached hydrogen (secondary N) is 1. The van der Waals surface area contributed by atoms with Gasteiger partial charge < -0.3 is 4.90 Å². The van der Waals surface area contributed by atoms with Crippen LogP contribution >= 0.6 is 11.3 Å². The summed E-state index contributed by atoms with van der Waals surface area (Å²) in [6, 6.07) is 13.2. The minimum atomic E-state index is -0.218. The Bertz CT molecular complexity index is 980. The van der Waals surface area contributed by atoms with Gasteiger partial charge in [0.05, 0.1) is 10.2 Å². The Morgan fingerprint density at radius 1 is 1.24 bits per heavy atom. The van der Waals surface area contributed by atoms with Crippen molar-refractivity contribution in [2.75, 3.05) is 16.8 Å². The van der Waals surface area contributed by atoms with Crippen molar-refractivity contribution < 1.29 is 9.59 Å². The molecule has 1 saturated heterocycles. The first-order valence-electron chi connectivity index (χ1n) is 8.19. The van der Waals surface area contributed by atoms with Crippen molar-refractivity contribution in [3.63, 3.8) is 0 Å². The van der Waals surface area contributed by atoms with Crippen LogP contribution in [0.15, 0.2) is 42.5 Å². The molecular weight excluding hydrogens is 334 g/mol. The highest BCUT2D eigenvalue weighted by Crippen LogP contribution is 2.27. The number of hydrogen-bond acceptors (Lipinski definition) is 4. The van der Waals surface area contributed by atoms with Gasteiger partial charge in [-0.1, -0.05) is 23.5 Å². The van der Waals surface area contributed by atoms with E-state index in [0.717, 1.165) is 27.9 Å². The van der Waals surface area contributed by atoms with Crippen molar-refractivity contribution >= 4 is 44.2 Å². The van der Waals surface area contributed by atoms with E-state index in [0.29, 0.717) is 23.7 Å². The number of carbonyl (C=O) groups excluding carboxylic acids is 2. The molecule has 0 aliphatic carbocycles. The lowest BCUT2D eigenvalue weighted by molar-refractivity contribution is -0.117. The molecule has 4 rings (SSSR count). The van der Waals surface area contributed by atoms with Crippen molar-refractivity contribution in [1.29, 1.82) is 0 Å². The Kier molecular flexibility index (Phi) is 3.97. The van der Waals surface area contributed by atoms with Crippen molar-refractivity contribution in [2.24, 2.45) is 0 Å². The average molecular weight is 351 g/mol. The molecule has 0 atom stereocenters. The lowest BCUT2D eigenvalue weighted by Gasteiger charge is -2.16. The van der Waals surface area contributed by atoms with Gasteiger partial charge in [0.2, 0.25) is 5.91 Å². The van der Waals surface area contributed by atoms with Crippen LogP contribution in [0.1, 0.15) is 28.8 Å². The van der Waals surface area contributed by atoms with Crippen molar-refractivity contribution in [2.45, 2.75) is 19.8 Å². The fourth-order valence-corrected chi connectivity index (χ4v) is 3.95. The van der Waals surface area contributed by atoms with Crippen molar-refractivity contribution in [1.82, 2.24) is 4.98 Å². The van der Waals surface area contributed by atoms with Gasteiger partial charge in [-0.15, -0.1) is 0 Å². The number of nitrogens with zero attached hydrogens (tertiary/aromatic N) is 2. The average Bonchev–Trinajstić information content (AvgIpc) is 3.20. The Morgan fingerprint density at radius 3 is 2.92 bits per heavy atom. The fourth-order valence-electron chi connectivity index (χ4n) is 2.99. The zero-order valence-corrected chi connectivity index (χ0v) is 14.6. The highest BCUT2D eigenvalue weighted by Gasteiger charge is 2.22. The topological polar surface area (TPSA) is 62.3 Å². The zero-order valence-electron chi connectivity index (χ0n) is 13.8. The second-order valence-corrected chi connectivity index (χ2v) is 7.17. The van der Waals surface area contributed by atoms with Crippen molar-refractivity contribution in [3.8, 4) is 0 Å². The first kappa shape index (κ1) is 15.8. The van der Waals surface area contributed by atoms with Gasteiger partial charge in [0.15, 0.2) is 5.13 Å². The molecule has 1 aliphatic heterocycles. The summed E-state index contributed by atoms with van der Waals surface area (Å²) in [4.78, 5) is 30.6. The summed E-state index contributed by atoms with van der Waals surface area (Å²) < 4.78 is 1.05.